The monoisotopic (exact) mass is 203 g/mol. The second-order valence-corrected chi connectivity index (χ2v) is 3.17. The second kappa shape index (κ2) is 10.5. The van der Waals surface area contributed by atoms with Crippen molar-refractivity contribution >= 4 is 5.97 Å². The molecule has 0 saturated carbocycles. The smallest absolute Gasteiger partial charge is 0.305 e. The van der Waals surface area contributed by atoms with E-state index in [0.29, 0.717) is 26.2 Å². The lowest BCUT2D eigenvalue weighted by molar-refractivity contribution is -0.144. The summed E-state index contributed by atoms with van der Waals surface area (Å²) in [7, 11) is 1.63. The topological polar surface area (TPSA) is 61.5 Å². The number of carbonyl (C=O) groups is 1. The van der Waals surface area contributed by atoms with Crippen LogP contribution in [0.3, 0.4) is 0 Å². The maximum absolute atomic E-state index is 11.1. The van der Waals surface area contributed by atoms with E-state index in [4.69, 9.17) is 15.2 Å². The maximum Gasteiger partial charge on any atom is 0.305 e. The van der Waals surface area contributed by atoms with Crippen LogP contribution in [0.15, 0.2) is 0 Å². The first-order chi connectivity index (χ1) is 6.81. The summed E-state index contributed by atoms with van der Waals surface area (Å²) in [6.07, 6.45) is 4.14. The van der Waals surface area contributed by atoms with Crippen LogP contribution in [0, 0.1) is 0 Å². The molecule has 0 amide bonds. The quantitative estimate of drug-likeness (QED) is 0.450. The molecule has 0 bridgehead atoms. The Kier molecular flexibility index (Phi) is 10.0. The summed E-state index contributed by atoms with van der Waals surface area (Å²) >= 11 is 0. The fourth-order valence-corrected chi connectivity index (χ4v) is 1.05. The van der Waals surface area contributed by atoms with Crippen LogP contribution in [0.1, 0.15) is 32.1 Å². The summed E-state index contributed by atoms with van der Waals surface area (Å²) in [5.74, 6) is -0.113. The van der Waals surface area contributed by atoms with E-state index >= 15 is 0 Å². The first-order valence-electron chi connectivity index (χ1n) is 5.16. The molecule has 0 saturated heterocycles. The number of rotatable bonds is 9. The number of nitrogens with two attached hydrogens (primary N) is 1. The van der Waals surface area contributed by atoms with Crippen molar-refractivity contribution in [3.8, 4) is 0 Å². The zero-order valence-corrected chi connectivity index (χ0v) is 8.96. The first kappa shape index (κ1) is 13.4. The molecular weight excluding hydrogens is 182 g/mol. The lowest BCUT2D eigenvalue weighted by atomic mass is 10.2. The largest absolute Gasteiger partial charge is 0.466 e. The molecule has 84 valence electrons. The van der Waals surface area contributed by atoms with Crippen LogP contribution in [-0.4, -0.2) is 32.8 Å². The van der Waals surface area contributed by atoms with Gasteiger partial charge in [-0.25, -0.2) is 0 Å². The summed E-state index contributed by atoms with van der Waals surface area (Å²) in [5.41, 5.74) is 5.33. The van der Waals surface area contributed by atoms with Crippen LogP contribution in [0.4, 0.5) is 0 Å². The van der Waals surface area contributed by atoms with E-state index in [2.05, 4.69) is 0 Å². The minimum atomic E-state index is -0.113. The van der Waals surface area contributed by atoms with E-state index in [-0.39, 0.29) is 5.97 Å². The minimum Gasteiger partial charge on any atom is -0.466 e. The molecule has 0 aromatic carbocycles. The van der Waals surface area contributed by atoms with Gasteiger partial charge >= 0.3 is 5.97 Å². The third-order valence-electron chi connectivity index (χ3n) is 1.84. The lowest BCUT2D eigenvalue weighted by Crippen LogP contribution is -2.07. The molecule has 4 heteroatoms. The van der Waals surface area contributed by atoms with Crippen LogP contribution >= 0.6 is 0 Å². The van der Waals surface area contributed by atoms with Gasteiger partial charge in [-0.15, -0.1) is 0 Å². The molecule has 0 spiro atoms. The number of unbranched alkanes of at least 4 members (excludes halogenated alkanes) is 2. The predicted molar refractivity (Wildman–Crippen MR) is 55.0 cm³/mol. The van der Waals surface area contributed by atoms with Crippen molar-refractivity contribution in [3.63, 3.8) is 0 Å². The van der Waals surface area contributed by atoms with Gasteiger partial charge in [0.15, 0.2) is 0 Å². The van der Waals surface area contributed by atoms with E-state index < -0.39 is 0 Å². The Morgan fingerprint density at radius 1 is 1.14 bits per heavy atom. The van der Waals surface area contributed by atoms with Gasteiger partial charge in [-0.3, -0.25) is 4.79 Å². The SMILES string of the molecule is COCCCOC(=O)CCCCCN. The van der Waals surface area contributed by atoms with E-state index in [1.54, 1.807) is 7.11 Å². The second-order valence-electron chi connectivity index (χ2n) is 3.17. The molecule has 2 N–H and O–H groups in total. The number of methoxy groups -OCH3 is 1. The Morgan fingerprint density at radius 3 is 2.57 bits per heavy atom. The number of ether oxygens (including phenoxy) is 2. The number of hydrogen-bond acceptors (Lipinski definition) is 4. The molecule has 0 aliphatic heterocycles. The highest BCUT2D eigenvalue weighted by atomic mass is 16.5. The van der Waals surface area contributed by atoms with Crippen LogP contribution in [0.25, 0.3) is 0 Å². The van der Waals surface area contributed by atoms with Crippen molar-refractivity contribution in [2.24, 2.45) is 5.73 Å². The van der Waals surface area contributed by atoms with Crippen LogP contribution in [0.2, 0.25) is 0 Å². The zero-order valence-electron chi connectivity index (χ0n) is 8.96. The summed E-state index contributed by atoms with van der Waals surface area (Å²) in [5, 5.41) is 0. The van der Waals surface area contributed by atoms with Gasteiger partial charge in [-0.1, -0.05) is 6.42 Å². The van der Waals surface area contributed by atoms with E-state index in [9.17, 15) is 4.79 Å². The Morgan fingerprint density at radius 2 is 1.93 bits per heavy atom. The van der Waals surface area contributed by atoms with E-state index in [1.165, 1.54) is 0 Å². The standard InChI is InChI=1S/C10H21NO3/c1-13-8-5-9-14-10(12)6-3-2-4-7-11/h2-9,11H2,1H3. The van der Waals surface area contributed by atoms with Crippen molar-refractivity contribution in [2.45, 2.75) is 32.1 Å². The van der Waals surface area contributed by atoms with Crippen LogP contribution in [-0.2, 0) is 14.3 Å². The summed E-state index contributed by atoms with van der Waals surface area (Å²) < 4.78 is 9.81. The molecule has 4 nitrogen and oxygen atoms in total. The van der Waals surface area contributed by atoms with Crippen LogP contribution < -0.4 is 5.73 Å². The molecule has 0 aromatic heterocycles. The molecular formula is C10H21NO3. The normalized spacial score (nSPS) is 10.1. The molecule has 0 atom stereocenters. The van der Waals surface area contributed by atoms with Crippen LogP contribution in [0.5, 0.6) is 0 Å². The van der Waals surface area contributed by atoms with Crippen molar-refractivity contribution in [3.05, 3.63) is 0 Å². The lowest BCUT2D eigenvalue weighted by Gasteiger charge is -2.03. The molecule has 14 heavy (non-hydrogen) atoms. The molecule has 0 fully saturated rings. The predicted octanol–water partition coefficient (Wildman–Crippen LogP) is 1.09. The summed E-state index contributed by atoms with van der Waals surface area (Å²) in [6.45, 7) is 1.80. The fraction of sp³-hybridized carbons (Fsp3) is 0.900. The van der Waals surface area contributed by atoms with Gasteiger partial charge < -0.3 is 15.2 Å². The van der Waals surface area contributed by atoms with Gasteiger partial charge in [0, 0.05) is 26.6 Å². The average Bonchev–Trinajstić information content (AvgIpc) is 2.19. The zero-order chi connectivity index (χ0) is 10.6. The van der Waals surface area contributed by atoms with Gasteiger partial charge in [-0.2, -0.15) is 0 Å². The third-order valence-corrected chi connectivity index (χ3v) is 1.84. The maximum atomic E-state index is 11.1. The van der Waals surface area contributed by atoms with Crippen molar-refractivity contribution in [1.82, 2.24) is 0 Å². The minimum absolute atomic E-state index is 0.113. The molecule has 0 aliphatic rings. The Hall–Kier alpha value is -0.610. The average molecular weight is 203 g/mol. The highest BCUT2D eigenvalue weighted by Crippen LogP contribution is 2.00. The molecule has 0 radical (unpaired) electrons. The Labute approximate surface area is 85.8 Å². The highest BCUT2D eigenvalue weighted by molar-refractivity contribution is 5.69. The Balaban J connectivity index is 3.11. The van der Waals surface area contributed by atoms with Gasteiger partial charge in [0.1, 0.15) is 0 Å². The number of esters is 1. The van der Waals surface area contributed by atoms with Crippen molar-refractivity contribution < 1.29 is 14.3 Å². The van der Waals surface area contributed by atoms with Crippen molar-refractivity contribution in [2.75, 3.05) is 26.9 Å². The van der Waals surface area contributed by atoms with Gasteiger partial charge in [0.2, 0.25) is 0 Å². The first-order valence-corrected chi connectivity index (χ1v) is 5.16. The molecule has 0 aliphatic carbocycles. The molecule has 0 rings (SSSR count). The van der Waals surface area contributed by atoms with Gasteiger partial charge in [0.05, 0.1) is 6.61 Å². The highest BCUT2D eigenvalue weighted by Gasteiger charge is 2.01. The summed E-state index contributed by atoms with van der Waals surface area (Å²) in [6, 6.07) is 0. The number of carbonyl (C=O) groups excluding carboxylic acids is 1. The summed E-state index contributed by atoms with van der Waals surface area (Å²) in [4.78, 5) is 11.1. The van der Waals surface area contributed by atoms with Crippen molar-refractivity contribution in [1.29, 1.82) is 0 Å². The number of hydrogen-bond donors (Lipinski definition) is 1. The van der Waals surface area contributed by atoms with E-state index in [0.717, 1.165) is 25.7 Å². The molecule has 0 heterocycles. The van der Waals surface area contributed by atoms with Gasteiger partial charge in [-0.05, 0) is 19.4 Å². The van der Waals surface area contributed by atoms with E-state index in [1.807, 2.05) is 0 Å². The fourth-order valence-electron chi connectivity index (χ4n) is 1.05. The van der Waals surface area contributed by atoms with Gasteiger partial charge in [0.25, 0.3) is 0 Å². The third kappa shape index (κ3) is 9.48. The molecule has 0 aromatic rings. The Bertz CT molecular complexity index is 125. The molecule has 0 unspecified atom stereocenters.